The van der Waals surface area contributed by atoms with Crippen molar-refractivity contribution in [2.75, 3.05) is 18.0 Å². The summed E-state index contributed by atoms with van der Waals surface area (Å²) in [6.45, 7) is 3.51. The van der Waals surface area contributed by atoms with E-state index in [-0.39, 0.29) is 5.91 Å². The number of aromatic nitrogens is 3. The van der Waals surface area contributed by atoms with E-state index in [0.29, 0.717) is 23.7 Å². The predicted molar refractivity (Wildman–Crippen MR) is 99.7 cm³/mol. The maximum atomic E-state index is 12.8. The third kappa shape index (κ3) is 3.42. The second kappa shape index (κ2) is 6.62. The molecule has 0 atom stereocenters. The van der Waals surface area contributed by atoms with E-state index in [1.54, 1.807) is 6.33 Å². The molecule has 0 N–H and O–H groups in total. The van der Waals surface area contributed by atoms with Crippen molar-refractivity contribution in [2.24, 2.45) is 0 Å². The number of nitrogens with zero attached hydrogens (tertiary/aromatic N) is 5. The van der Waals surface area contributed by atoms with Crippen LogP contribution in [0.25, 0.3) is 0 Å². The Morgan fingerprint density at radius 3 is 2.48 bits per heavy atom. The van der Waals surface area contributed by atoms with Crippen LogP contribution in [0.15, 0.2) is 23.0 Å². The summed E-state index contributed by atoms with van der Waals surface area (Å²) >= 11 is 0. The van der Waals surface area contributed by atoms with E-state index < -0.39 is 0 Å². The fraction of sp³-hybridized carbons (Fsp3) is 0.600. The lowest BCUT2D eigenvalue weighted by molar-refractivity contribution is 0.0701. The summed E-state index contributed by atoms with van der Waals surface area (Å²) in [6.07, 6.45) is 8.32. The van der Waals surface area contributed by atoms with Crippen LogP contribution in [0.5, 0.6) is 0 Å². The molecule has 2 aromatic heterocycles. The molecule has 1 saturated heterocycles. The first-order chi connectivity index (χ1) is 13.2. The molecule has 27 heavy (non-hydrogen) atoms. The molecule has 2 aromatic rings. The Morgan fingerprint density at radius 1 is 1.07 bits per heavy atom. The Hall–Kier alpha value is -2.44. The Kier molecular flexibility index (Phi) is 4.10. The normalized spacial score (nSPS) is 20.7. The lowest BCUT2D eigenvalue weighted by Gasteiger charge is -2.39. The van der Waals surface area contributed by atoms with Crippen LogP contribution in [0.1, 0.15) is 66.4 Å². The van der Waals surface area contributed by atoms with Crippen LogP contribution in [-0.4, -0.2) is 51.1 Å². The quantitative estimate of drug-likeness (QED) is 0.809. The summed E-state index contributed by atoms with van der Waals surface area (Å²) in [4.78, 5) is 25.9. The summed E-state index contributed by atoms with van der Waals surface area (Å²) in [5.74, 6) is 2.38. The minimum Gasteiger partial charge on any atom is -0.360 e. The van der Waals surface area contributed by atoms with Gasteiger partial charge in [0.25, 0.3) is 5.91 Å². The van der Waals surface area contributed by atoms with Crippen LogP contribution in [0.2, 0.25) is 0 Å². The van der Waals surface area contributed by atoms with Crippen LogP contribution >= 0.6 is 0 Å². The lowest BCUT2D eigenvalue weighted by atomic mass is 10.0. The number of carbonyl (C=O) groups is 1. The highest BCUT2D eigenvalue weighted by molar-refractivity contribution is 5.92. The van der Waals surface area contributed by atoms with Gasteiger partial charge in [-0.3, -0.25) is 4.79 Å². The highest BCUT2D eigenvalue weighted by Crippen LogP contribution is 2.40. The zero-order valence-electron chi connectivity index (χ0n) is 15.7. The van der Waals surface area contributed by atoms with Gasteiger partial charge in [-0.2, -0.15) is 0 Å². The molecule has 3 heterocycles. The molecule has 7 nitrogen and oxygen atoms in total. The molecular weight excluding hydrogens is 342 g/mol. The molecule has 2 saturated carbocycles. The average Bonchev–Trinajstić information content (AvgIpc) is 3.62. The number of aryl methyl sites for hydroxylation is 1. The number of piperidine rings is 1. The van der Waals surface area contributed by atoms with Gasteiger partial charge in [-0.1, -0.05) is 5.16 Å². The van der Waals surface area contributed by atoms with Crippen LogP contribution < -0.4 is 4.90 Å². The SMILES string of the molecule is Cc1cc(N(C2CC2)C2CCN(C(=O)c3cc(C4CC4)on3)CC2)ncn1. The zero-order chi connectivity index (χ0) is 18.4. The van der Waals surface area contributed by atoms with E-state index in [9.17, 15) is 4.79 Å². The smallest absolute Gasteiger partial charge is 0.276 e. The monoisotopic (exact) mass is 367 g/mol. The molecule has 5 rings (SSSR count). The molecule has 3 aliphatic rings. The number of anilines is 1. The van der Waals surface area contributed by atoms with Gasteiger partial charge in [0.15, 0.2) is 5.69 Å². The van der Waals surface area contributed by atoms with Crippen molar-refractivity contribution in [2.45, 2.75) is 63.5 Å². The number of hydrogen-bond donors (Lipinski definition) is 0. The number of likely N-dealkylation sites (tertiary alicyclic amines) is 1. The van der Waals surface area contributed by atoms with Gasteiger partial charge in [0.1, 0.15) is 17.9 Å². The summed E-state index contributed by atoms with van der Waals surface area (Å²) in [5.41, 5.74) is 1.46. The second-order valence-corrected chi connectivity index (χ2v) is 8.07. The van der Waals surface area contributed by atoms with Crippen LogP contribution in [0.4, 0.5) is 5.82 Å². The van der Waals surface area contributed by atoms with Gasteiger partial charge in [0.05, 0.1) is 0 Å². The maximum absolute atomic E-state index is 12.8. The van der Waals surface area contributed by atoms with Gasteiger partial charge in [-0.25, -0.2) is 9.97 Å². The van der Waals surface area contributed by atoms with Crippen LogP contribution in [0, 0.1) is 6.92 Å². The molecule has 2 aliphatic carbocycles. The number of amides is 1. The van der Waals surface area contributed by atoms with Gasteiger partial charge in [-0.15, -0.1) is 0 Å². The minimum absolute atomic E-state index is 0.0000440. The largest absolute Gasteiger partial charge is 0.360 e. The molecule has 0 aromatic carbocycles. The lowest BCUT2D eigenvalue weighted by Crippen LogP contribution is -2.48. The van der Waals surface area contributed by atoms with Gasteiger partial charge >= 0.3 is 0 Å². The summed E-state index contributed by atoms with van der Waals surface area (Å²) in [5, 5.41) is 4.01. The van der Waals surface area contributed by atoms with Crippen molar-refractivity contribution in [1.82, 2.24) is 20.0 Å². The summed E-state index contributed by atoms with van der Waals surface area (Å²) < 4.78 is 5.35. The molecule has 1 aliphatic heterocycles. The summed E-state index contributed by atoms with van der Waals surface area (Å²) in [6, 6.07) is 4.93. The number of rotatable bonds is 5. The fourth-order valence-corrected chi connectivity index (χ4v) is 4.07. The van der Waals surface area contributed by atoms with Crippen molar-refractivity contribution in [3.8, 4) is 0 Å². The van der Waals surface area contributed by atoms with Crippen molar-refractivity contribution < 1.29 is 9.32 Å². The minimum atomic E-state index is -0.0000440. The van der Waals surface area contributed by atoms with E-state index in [1.165, 1.54) is 12.8 Å². The molecule has 7 heteroatoms. The van der Waals surface area contributed by atoms with Crippen molar-refractivity contribution in [3.05, 3.63) is 35.6 Å². The third-order valence-electron chi connectivity index (χ3n) is 5.87. The van der Waals surface area contributed by atoms with E-state index in [2.05, 4.69) is 26.1 Å². The Balaban J connectivity index is 1.25. The molecule has 142 valence electrons. The second-order valence-electron chi connectivity index (χ2n) is 8.07. The third-order valence-corrected chi connectivity index (χ3v) is 5.87. The molecule has 1 amide bonds. The molecule has 0 radical (unpaired) electrons. The van der Waals surface area contributed by atoms with Crippen LogP contribution in [0.3, 0.4) is 0 Å². The first-order valence-corrected chi connectivity index (χ1v) is 10.0. The Bertz CT molecular complexity index is 834. The van der Waals surface area contributed by atoms with Crippen molar-refractivity contribution in [1.29, 1.82) is 0 Å². The molecule has 3 fully saturated rings. The molecule has 0 spiro atoms. The summed E-state index contributed by atoms with van der Waals surface area (Å²) in [7, 11) is 0. The fourth-order valence-electron chi connectivity index (χ4n) is 4.07. The molecular formula is C20H25N5O2. The molecule has 0 unspecified atom stereocenters. The standard InChI is InChI=1S/C20H25N5O2/c1-13-10-19(22-12-21-13)25(15-4-5-15)16-6-8-24(9-7-16)20(26)17-11-18(27-23-17)14-2-3-14/h10-12,14-16H,2-9H2,1H3. The Labute approximate surface area is 158 Å². The first-order valence-electron chi connectivity index (χ1n) is 10.0. The van der Waals surface area contributed by atoms with Gasteiger partial charge in [0.2, 0.25) is 0 Å². The van der Waals surface area contributed by atoms with E-state index in [0.717, 1.165) is 56.0 Å². The topological polar surface area (TPSA) is 75.4 Å². The van der Waals surface area contributed by atoms with Crippen LogP contribution in [-0.2, 0) is 0 Å². The van der Waals surface area contributed by atoms with Gasteiger partial charge < -0.3 is 14.3 Å². The van der Waals surface area contributed by atoms with E-state index in [1.807, 2.05) is 17.9 Å². The zero-order valence-corrected chi connectivity index (χ0v) is 15.7. The first kappa shape index (κ1) is 16.7. The molecule has 0 bridgehead atoms. The van der Waals surface area contributed by atoms with E-state index >= 15 is 0 Å². The maximum Gasteiger partial charge on any atom is 0.276 e. The highest BCUT2D eigenvalue weighted by atomic mass is 16.5. The Morgan fingerprint density at radius 2 is 1.81 bits per heavy atom. The average molecular weight is 367 g/mol. The van der Waals surface area contributed by atoms with Crippen molar-refractivity contribution in [3.63, 3.8) is 0 Å². The number of carbonyl (C=O) groups excluding carboxylic acids is 1. The number of hydrogen-bond acceptors (Lipinski definition) is 6. The van der Waals surface area contributed by atoms with E-state index in [4.69, 9.17) is 4.52 Å². The van der Waals surface area contributed by atoms with Gasteiger partial charge in [0, 0.05) is 48.9 Å². The highest BCUT2D eigenvalue weighted by Gasteiger charge is 2.37. The van der Waals surface area contributed by atoms with Crippen molar-refractivity contribution >= 4 is 11.7 Å². The van der Waals surface area contributed by atoms with Gasteiger partial charge in [-0.05, 0) is 45.4 Å². The predicted octanol–water partition coefficient (Wildman–Crippen LogP) is 2.92.